The lowest BCUT2D eigenvalue weighted by atomic mass is 9.76. The molecule has 0 fully saturated rings. The van der Waals surface area contributed by atoms with Crippen LogP contribution in [0.5, 0.6) is 0 Å². The Balaban J connectivity index is 2.52. The highest BCUT2D eigenvalue weighted by atomic mass is 16.5. The van der Waals surface area contributed by atoms with Crippen molar-refractivity contribution in [3.8, 4) is 0 Å². The molecule has 72 valence electrons. The summed E-state index contributed by atoms with van der Waals surface area (Å²) in [6.07, 6.45) is 0. The van der Waals surface area contributed by atoms with Gasteiger partial charge in [0, 0.05) is 5.46 Å². The fourth-order valence-electron chi connectivity index (χ4n) is 1.57. The first-order chi connectivity index (χ1) is 6.74. The first-order valence-electron chi connectivity index (χ1n) is 4.24. The Morgan fingerprint density at radius 2 is 2.43 bits per heavy atom. The van der Waals surface area contributed by atoms with Crippen LogP contribution in [0.25, 0.3) is 0 Å². The Morgan fingerprint density at radius 3 is 3.14 bits per heavy atom. The molecule has 0 saturated carbocycles. The minimum Gasteiger partial charge on any atom is -0.465 e. The Labute approximate surface area is 81.6 Å². The van der Waals surface area contributed by atoms with Crippen LogP contribution in [-0.4, -0.2) is 25.2 Å². The zero-order chi connectivity index (χ0) is 10.1. The standard InChI is InChI=1S/C9H9BO4/c1-13-9(11)7-4-2-3-6-5-14-10(12)8(6)7/h2-4,12H,5H2,1H3. The van der Waals surface area contributed by atoms with Crippen molar-refractivity contribution in [3.63, 3.8) is 0 Å². The van der Waals surface area contributed by atoms with Gasteiger partial charge in [0.05, 0.1) is 19.3 Å². The van der Waals surface area contributed by atoms with Gasteiger partial charge < -0.3 is 14.4 Å². The van der Waals surface area contributed by atoms with Crippen molar-refractivity contribution >= 4 is 18.6 Å². The summed E-state index contributed by atoms with van der Waals surface area (Å²) in [5.74, 6) is -0.452. The topological polar surface area (TPSA) is 55.8 Å². The molecule has 0 radical (unpaired) electrons. The molecule has 0 aliphatic carbocycles. The van der Waals surface area contributed by atoms with E-state index in [0.717, 1.165) is 5.56 Å². The lowest BCUT2D eigenvalue weighted by Crippen LogP contribution is -2.33. The van der Waals surface area contributed by atoms with E-state index in [0.29, 0.717) is 17.6 Å². The van der Waals surface area contributed by atoms with Crippen LogP contribution in [-0.2, 0) is 16.0 Å². The molecule has 0 saturated heterocycles. The molecule has 1 N–H and O–H groups in total. The van der Waals surface area contributed by atoms with E-state index in [1.807, 2.05) is 6.07 Å². The summed E-state index contributed by atoms with van der Waals surface area (Å²) in [5.41, 5.74) is 1.73. The van der Waals surface area contributed by atoms with E-state index in [1.165, 1.54) is 7.11 Å². The van der Waals surface area contributed by atoms with E-state index >= 15 is 0 Å². The molecule has 14 heavy (non-hydrogen) atoms. The summed E-state index contributed by atoms with van der Waals surface area (Å²) in [6, 6.07) is 5.17. The summed E-state index contributed by atoms with van der Waals surface area (Å²) in [7, 11) is 0.296. The third kappa shape index (κ3) is 1.30. The minimum atomic E-state index is -1.01. The van der Waals surface area contributed by atoms with Crippen LogP contribution < -0.4 is 5.46 Å². The van der Waals surface area contributed by atoms with Crippen molar-refractivity contribution < 1.29 is 19.2 Å². The summed E-state index contributed by atoms with van der Waals surface area (Å²) in [5, 5.41) is 9.48. The molecule has 0 bridgehead atoms. The van der Waals surface area contributed by atoms with Gasteiger partial charge in [0.25, 0.3) is 0 Å². The van der Waals surface area contributed by atoms with Gasteiger partial charge in [-0.3, -0.25) is 0 Å². The highest BCUT2D eigenvalue weighted by molar-refractivity contribution is 6.63. The van der Waals surface area contributed by atoms with Gasteiger partial charge >= 0.3 is 13.1 Å². The van der Waals surface area contributed by atoms with Crippen LogP contribution in [0.15, 0.2) is 18.2 Å². The second-order valence-corrected chi connectivity index (χ2v) is 3.03. The number of fused-ring (bicyclic) bond motifs is 1. The van der Waals surface area contributed by atoms with E-state index in [4.69, 9.17) is 4.65 Å². The maximum Gasteiger partial charge on any atom is 0.492 e. The smallest absolute Gasteiger partial charge is 0.465 e. The lowest BCUT2D eigenvalue weighted by molar-refractivity contribution is 0.0602. The van der Waals surface area contributed by atoms with Crippen molar-refractivity contribution in [2.24, 2.45) is 0 Å². The number of esters is 1. The highest BCUT2D eigenvalue weighted by Crippen LogP contribution is 2.13. The molecule has 4 nitrogen and oxygen atoms in total. The van der Waals surface area contributed by atoms with Gasteiger partial charge in [-0.2, -0.15) is 0 Å². The fourth-order valence-corrected chi connectivity index (χ4v) is 1.57. The van der Waals surface area contributed by atoms with Crippen molar-refractivity contribution in [3.05, 3.63) is 29.3 Å². The molecule has 0 atom stereocenters. The molecular weight excluding hydrogens is 183 g/mol. The van der Waals surface area contributed by atoms with Crippen LogP contribution in [0, 0.1) is 0 Å². The Kier molecular flexibility index (Phi) is 2.27. The number of hydrogen-bond donors (Lipinski definition) is 1. The monoisotopic (exact) mass is 192 g/mol. The van der Waals surface area contributed by atoms with E-state index in [2.05, 4.69) is 4.74 Å². The van der Waals surface area contributed by atoms with E-state index in [9.17, 15) is 9.82 Å². The Morgan fingerprint density at radius 1 is 1.64 bits per heavy atom. The Hall–Kier alpha value is -1.33. The first-order valence-corrected chi connectivity index (χ1v) is 4.24. The summed E-state index contributed by atoms with van der Waals surface area (Å²) in [6.45, 7) is 0.335. The molecule has 1 heterocycles. The molecule has 1 aliphatic rings. The summed E-state index contributed by atoms with van der Waals surface area (Å²) < 4.78 is 9.61. The van der Waals surface area contributed by atoms with Gasteiger partial charge in [-0.25, -0.2) is 4.79 Å². The Bertz CT molecular complexity index is 377. The van der Waals surface area contributed by atoms with Crippen molar-refractivity contribution in [2.75, 3.05) is 7.11 Å². The summed E-state index contributed by atoms with van der Waals surface area (Å²) in [4.78, 5) is 11.3. The summed E-state index contributed by atoms with van der Waals surface area (Å²) >= 11 is 0. The van der Waals surface area contributed by atoms with Crippen LogP contribution in [0.1, 0.15) is 15.9 Å². The SMILES string of the molecule is COC(=O)c1cccc2c1B(O)OC2. The third-order valence-corrected chi connectivity index (χ3v) is 2.25. The molecule has 0 spiro atoms. The average Bonchev–Trinajstić information content (AvgIpc) is 2.59. The number of rotatable bonds is 1. The number of hydrogen-bond acceptors (Lipinski definition) is 4. The number of benzene rings is 1. The zero-order valence-electron chi connectivity index (χ0n) is 7.69. The second-order valence-electron chi connectivity index (χ2n) is 3.03. The van der Waals surface area contributed by atoms with Gasteiger partial charge in [0.2, 0.25) is 0 Å². The molecule has 1 aromatic carbocycles. The number of carbonyl (C=O) groups is 1. The second kappa shape index (κ2) is 3.44. The van der Waals surface area contributed by atoms with E-state index in [-0.39, 0.29) is 0 Å². The van der Waals surface area contributed by atoms with Crippen molar-refractivity contribution in [2.45, 2.75) is 6.61 Å². The number of methoxy groups -OCH3 is 1. The highest BCUT2D eigenvalue weighted by Gasteiger charge is 2.32. The number of ether oxygens (including phenoxy) is 1. The predicted molar refractivity (Wildman–Crippen MR) is 50.2 cm³/mol. The molecule has 5 heteroatoms. The maximum atomic E-state index is 11.3. The lowest BCUT2D eigenvalue weighted by Gasteiger charge is -2.05. The molecular formula is C9H9BO4. The molecule has 2 rings (SSSR count). The maximum absolute atomic E-state index is 11.3. The fraction of sp³-hybridized carbons (Fsp3) is 0.222. The predicted octanol–water partition coefficient (Wildman–Crippen LogP) is -0.309. The molecule has 0 unspecified atom stereocenters. The normalized spacial score (nSPS) is 14.0. The van der Waals surface area contributed by atoms with E-state index < -0.39 is 13.1 Å². The molecule has 1 aliphatic heterocycles. The van der Waals surface area contributed by atoms with E-state index in [1.54, 1.807) is 12.1 Å². The van der Waals surface area contributed by atoms with Gasteiger partial charge in [-0.05, 0) is 11.6 Å². The largest absolute Gasteiger partial charge is 0.492 e. The quantitative estimate of drug-likeness (QED) is 0.489. The van der Waals surface area contributed by atoms with Crippen LogP contribution >= 0.6 is 0 Å². The van der Waals surface area contributed by atoms with Gasteiger partial charge in [-0.1, -0.05) is 12.1 Å². The average molecular weight is 192 g/mol. The molecule has 1 aromatic rings. The first kappa shape index (κ1) is 9.24. The third-order valence-electron chi connectivity index (χ3n) is 2.25. The molecule has 0 amide bonds. The van der Waals surface area contributed by atoms with Gasteiger partial charge in [0.1, 0.15) is 0 Å². The van der Waals surface area contributed by atoms with Crippen molar-refractivity contribution in [1.29, 1.82) is 0 Å². The number of carbonyl (C=O) groups excluding carboxylic acids is 1. The van der Waals surface area contributed by atoms with Crippen LogP contribution in [0.3, 0.4) is 0 Å². The van der Waals surface area contributed by atoms with Gasteiger partial charge in [0.15, 0.2) is 0 Å². The van der Waals surface area contributed by atoms with Crippen LogP contribution in [0.2, 0.25) is 0 Å². The van der Waals surface area contributed by atoms with Crippen molar-refractivity contribution in [1.82, 2.24) is 0 Å². The minimum absolute atomic E-state index is 0.335. The molecule has 0 aromatic heterocycles. The zero-order valence-corrected chi connectivity index (χ0v) is 7.69. The van der Waals surface area contributed by atoms with Crippen LogP contribution in [0.4, 0.5) is 0 Å². The van der Waals surface area contributed by atoms with Gasteiger partial charge in [-0.15, -0.1) is 0 Å².